The summed E-state index contributed by atoms with van der Waals surface area (Å²) in [4.78, 5) is 33.7. The molecule has 0 aliphatic carbocycles. The number of H-pyrrole nitrogens is 1. The number of hydrogen-bond donors (Lipinski definition) is 4. The number of aryl methyl sites for hydroxylation is 1. The number of nitrogen functional groups attached to an aromatic ring is 1. The van der Waals surface area contributed by atoms with Crippen LogP contribution < -0.4 is 10.6 Å². The molecule has 4 aromatic rings. The highest BCUT2D eigenvalue weighted by Crippen LogP contribution is 2.25. The van der Waals surface area contributed by atoms with Crippen molar-refractivity contribution in [1.29, 1.82) is 5.41 Å². The van der Waals surface area contributed by atoms with E-state index in [9.17, 15) is 9.59 Å². The molecule has 0 aliphatic heterocycles. The summed E-state index contributed by atoms with van der Waals surface area (Å²) in [7, 11) is 0. The van der Waals surface area contributed by atoms with E-state index in [1.165, 1.54) is 0 Å². The summed E-state index contributed by atoms with van der Waals surface area (Å²) in [6, 6.07) is 21.8. The second-order valence-corrected chi connectivity index (χ2v) is 7.65. The van der Waals surface area contributed by atoms with Gasteiger partial charge in [0, 0.05) is 23.2 Å². The molecule has 0 unspecified atom stereocenters. The number of carboxylic acids is 1. The number of carbonyl (C=O) groups is 2. The van der Waals surface area contributed by atoms with E-state index in [2.05, 4.69) is 9.97 Å². The van der Waals surface area contributed by atoms with Gasteiger partial charge in [-0.2, -0.15) is 0 Å². The second kappa shape index (κ2) is 9.35. The van der Waals surface area contributed by atoms with Crippen LogP contribution in [0, 0.1) is 5.41 Å². The van der Waals surface area contributed by atoms with Gasteiger partial charge in [0.2, 0.25) is 0 Å². The molecule has 0 aliphatic rings. The highest BCUT2D eigenvalue weighted by atomic mass is 16.4. The number of fused-ring (bicyclic) bond motifs is 1. The van der Waals surface area contributed by atoms with E-state index in [4.69, 9.17) is 16.2 Å². The summed E-state index contributed by atoms with van der Waals surface area (Å²) in [6.07, 6.45) is 0.288. The standard InChI is InChI=1S/C25H23N5O3/c26-24(27)17-6-8-18(9-7-17)25(33)30(15-16-4-2-1-3-5-16)19-10-11-20-21(14-19)29-22(28-20)12-13-23(31)32/h1-11,14H,12-13,15H2,(H3,26,27)(H,28,29)(H,31,32). The van der Waals surface area contributed by atoms with Crippen molar-refractivity contribution >= 4 is 34.4 Å². The van der Waals surface area contributed by atoms with Gasteiger partial charge in [-0.15, -0.1) is 0 Å². The fraction of sp³-hybridized carbons (Fsp3) is 0.120. The number of aliphatic carboxylic acids is 1. The Bertz CT molecular complexity index is 1310. The zero-order chi connectivity index (χ0) is 23.4. The summed E-state index contributed by atoms with van der Waals surface area (Å²) < 4.78 is 0. The minimum absolute atomic E-state index is 0.0123. The molecule has 1 amide bonds. The van der Waals surface area contributed by atoms with Gasteiger partial charge < -0.3 is 20.7 Å². The molecule has 0 spiro atoms. The van der Waals surface area contributed by atoms with Crippen molar-refractivity contribution in [2.45, 2.75) is 19.4 Å². The summed E-state index contributed by atoms with van der Waals surface area (Å²) in [5.74, 6) is -0.551. The Balaban J connectivity index is 1.69. The van der Waals surface area contributed by atoms with Gasteiger partial charge in [-0.05, 0) is 35.9 Å². The minimum atomic E-state index is -0.883. The van der Waals surface area contributed by atoms with Crippen LogP contribution in [0.5, 0.6) is 0 Å². The predicted molar refractivity (Wildman–Crippen MR) is 126 cm³/mol. The second-order valence-electron chi connectivity index (χ2n) is 7.65. The molecule has 0 saturated carbocycles. The SMILES string of the molecule is N=C(N)c1ccc(C(=O)N(Cc2ccccc2)c2ccc3[nH]c(CCC(=O)O)nc3c2)cc1. The van der Waals surface area contributed by atoms with E-state index in [0.29, 0.717) is 41.1 Å². The number of amidine groups is 1. The highest BCUT2D eigenvalue weighted by Gasteiger charge is 2.19. The van der Waals surface area contributed by atoms with Crippen molar-refractivity contribution in [1.82, 2.24) is 9.97 Å². The summed E-state index contributed by atoms with van der Waals surface area (Å²) in [5.41, 5.74) is 9.62. The molecule has 3 aromatic carbocycles. The number of benzene rings is 3. The van der Waals surface area contributed by atoms with Gasteiger partial charge in [-0.25, -0.2) is 4.98 Å². The van der Waals surface area contributed by atoms with Crippen molar-refractivity contribution in [3.05, 3.63) is 95.3 Å². The zero-order valence-electron chi connectivity index (χ0n) is 17.8. The van der Waals surface area contributed by atoms with Crippen LogP contribution in [0.3, 0.4) is 0 Å². The van der Waals surface area contributed by atoms with E-state index in [-0.39, 0.29) is 18.2 Å². The Kier molecular flexibility index (Phi) is 6.17. The average molecular weight is 441 g/mol. The van der Waals surface area contributed by atoms with E-state index >= 15 is 0 Å². The van der Waals surface area contributed by atoms with E-state index in [1.54, 1.807) is 29.2 Å². The summed E-state index contributed by atoms with van der Waals surface area (Å²) >= 11 is 0. The maximum atomic E-state index is 13.5. The molecule has 166 valence electrons. The Hall–Kier alpha value is -4.46. The molecule has 5 N–H and O–H groups in total. The lowest BCUT2D eigenvalue weighted by molar-refractivity contribution is -0.137. The van der Waals surface area contributed by atoms with Crippen LogP contribution in [0.1, 0.15) is 33.7 Å². The Morgan fingerprint density at radius 3 is 2.36 bits per heavy atom. The van der Waals surface area contributed by atoms with E-state index in [1.807, 2.05) is 48.5 Å². The fourth-order valence-electron chi connectivity index (χ4n) is 3.55. The molecule has 0 atom stereocenters. The largest absolute Gasteiger partial charge is 0.481 e. The van der Waals surface area contributed by atoms with Crippen LogP contribution >= 0.6 is 0 Å². The monoisotopic (exact) mass is 441 g/mol. The Morgan fingerprint density at radius 2 is 1.70 bits per heavy atom. The number of nitrogens with zero attached hydrogens (tertiary/aromatic N) is 2. The molecule has 1 aromatic heterocycles. The van der Waals surface area contributed by atoms with Crippen LogP contribution in [-0.2, 0) is 17.8 Å². The average Bonchev–Trinajstić information content (AvgIpc) is 3.24. The number of amides is 1. The first-order valence-corrected chi connectivity index (χ1v) is 10.4. The van der Waals surface area contributed by atoms with Gasteiger partial charge in [0.15, 0.2) is 0 Å². The summed E-state index contributed by atoms with van der Waals surface area (Å²) in [6.45, 7) is 0.357. The van der Waals surface area contributed by atoms with Crippen LogP contribution in [0.15, 0.2) is 72.8 Å². The quantitative estimate of drug-likeness (QED) is 0.244. The number of carboxylic acid groups (broad SMARTS) is 1. The number of hydrogen-bond acceptors (Lipinski definition) is 4. The lowest BCUT2D eigenvalue weighted by Crippen LogP contribution is -2.30. The highest BCUT2D eigenvalue weighted by molar-refractivity contribution is 6.07. The van der Waals surface area contributed by atoms with E-state index < -0.39 is 5.97 Å². The predicted octanol–water partition coefficient (Wildman–Crippen LogP) is 3.71. The van der Waals surface area contributed by atoms with Gasteiger partial charge in [0.1, 0.15) is 11.7 Å². The van der Waals surface area contributed by atoms with Crippen molar-refractivity contribution in [3.8, 4) is 0 Å². The molecule has 4 rings (SSSR count). The number of aromatic amines is 1. The molecule has 8 heteroatoms. The van der Waals surface area contributed by atoms with Crippen molar-refractivity contribution in [3.63, 3.8) is 0 Å². The molecule has 0 fully saturated rings. The van der Waals surface area contributed by atoms with Gasteiger partial charge in [-0.3, -0.25) is 15.0 Å². The van der Waals surface area contributed by atoms with E-state index in [0.717, 1.165) is 11.1 Å². The zero-order valence-corrected chi connectivity index (χ0v) is 17.8. The minimum Gasteiger partial charge on any atom is -0.481 e. The van der Waals surface area contributed by atoms with Crippen molar-refractivity contribution in [2.24, 2.45) is 5.73 Å². The topological polar surface area (TPSA) is 136 Å². The lowest BCUT2D eigenvalue weighted by Gasteiger charge is -2.23. The number of anilines is 1. The number of nitrogens with one attached hydrogen (secondary N) is 2. The van der Waals surface area contributed by atoms with Crippen LogP contribution in [-0.4, -0.2) is 32.8 Å². The third kappa shape index (κ3) is 5.07. The third-order valence-electron chi connectivity index (χ3n) is 5.27. The molecule has 33 heavy (non-hydrogen) atoms. The molecule has 0 bridgehead atoms. The molecule has 0 radical (unpaired) electrons. The maximum absolute atomic E-state index is 13.5. The Morgan fingerprint density at radius 1 is 1.00 bits per heavy atom. The number of carbonyl (C=O) groups excluding carboxylic acids is 1. The number of aromatic nitrogens is 2. The number of rotatable bonds is 8. The van der Waals surface area contributed by atoms with Crippen molar-refractivity contribution in [2.75, 3.05) is 4.90 Å². The molecular weight excluding hydrogens is 418 g/mol. The Labute approximate surface area is 190 Å². The first kappa shape index (κ1) is 21.8. The molecular formula is C25H23N5O3. The lowest BCUT2D eigenvalue weighted by atomic mass is 10.1. The van der Waals surface area contributed by atoms with Gasteiger partial charge in [-0.1, -0.05) is 42.5 Å². The molecule has 0 saturated heterocycles. The van der Waals surface area contributed by atoms with Crippen LogP contribution in [0.25, 0.3) is 11.0 Å². The first-order chi connectivity index (χ1) is 15.9. The number of imidazole rings is 1. The van der Waals surface area contributed by atoms with Gasteiger partial charge >= 0.3 is 5.97 Å². The normalized spacial score (nSPS) is 10.8. The molecule has 8 nitrogen and oxygen atoms in total. The van der Waals surface area contributed by atoms with Crippen LogP contribution in [0.4, 0.5) is 5.69 Å². The maximum Gasteiger partial charge on any atom is 0.303 e. The number of nitrogens with two attached hydrogens (primary N) is 1. The van der Waals surface area contributed by atoms with Crippen LogP contribution in [0.2, 0.25) is 0 Å². The van der Waals surface area contributed by atoms with Gasteiger partial charge in [0.05, 0.1) is 24.0 Å². The first-order valence-electron chi connectivity index (χ1n) is 10.4. The fourth-order valence-corrected chi connectivity index (χ4v) is 3.55. The smallest absolute Gasteiger partial charge is 0.303 e. The molecule has 1 heterocycles. The summed E-state index contributed by atoms with van der Waals surface area (Å²) in [5, 5.41) is 16.5. The van der Waals surface area contributed by atoms with Crippen molar-refractivity contribution < 1.29 is 14.7 Å². The third-order valence-corrected chi connectivity index (χ3v) is 5.27. The van der Waals surface area contributed by atoms with Gasteiger partial charge in [0.25, 0.3) is 5.91 Å².